The van der Waals surface area contributed by atoms with Crippen molar-refractivity contribution in [2.75, 3.05) is 19.8 Å². The van der Waals surface area contributed by atoms with E-state index >= 15 is 0 Å². The molecule has 0 saturated heterocycles. The van der Waals surface area contributed by atoms with Gasteiger partial charge in [-0.3, -0.25) is 0 Å². The van der Waals surface area contributed by atoms with E-state index in [1.165, 1.54) is 0 Å². The molecule has 0 heterocycles. The highest BCUT2D eigenvalue weighted by Crippen LogP contribution is 2.19. The summed E-state index contributed by atoms with van der Waals surface area (Å²) in [5, 5.41) is 12.7. The van der Waals surface area contributed by atoms with Crippen molar-refractivity contribution in [3.63, 3.8) is 0 Å². The molecule has 0 radical (unpaired) electrons. The van der Waals surface area contributed by atoms with Gasteiger partial charge in [-0.1, -0.05) is 62.7 Å². The maximum absolute atomic E-state index is 12.7. The Labute approximate surface area is 174 Å². The van der Waals surface area contributed by atoms with Crippen LogP contribution in [0.15, 0.2) is 54.6 Å². The number of aliphatic hydroxyl groups is 1. The van der Waals surface area contributed by atoms with Gasteiger partial charge in [-0.2, -0.15) is 0 Å². The first kappa shape index (κ1) is 22.8. The third kappa shape index (κ3) is 7.42. The number of urea groups is 1. The number of rotatable bonds is 11. The fourth-order valence-corrected chi connectivity index (χ4v) is 3.22. The van der Waals surface area contributed by atoms with Crippen LogP contribution in [0.25, 0.3) is 0 Å². The van der Waals surface area contributed by atoms with Crippen molar-refractivity contribution in [1.29, 1.82) is 0 Å². The van der Waals surface area contributed by atoms with Gasteiger partial charge < -0.3 is 20.1 Å². The fourth-order valence-electron chi connectivity index (χ4n) is 3.22. The van der Waals surface area contributed by atoms with Crippen LogP contribution in [0.2, 0.25) is 0 Å². The summed E-state index contributed by atoms with van der Waals surface area (Å²) in [6.07, 6.45) is 2.30. The first-order chi connectivity index (χ1) is 14.1. The molecule has 0 fully saturated rings. The molecule has 2 atom stereocenters. The van der Waals surface area contributed by atoms with Crippen LogP contribution < -0.4 is 10.1 Å². The molecular weight excluding hydrogens is 364 g/mol. The van der Waals surface area contributed by atoms with E-state index in [0.717, 1.165) is 29.7 Å². The van der Waals surface area contributed by atoms with E-state index in [1.54, 1.807) is 4.90 Å². The smallest absolute Gasteiger partial charge is 0.318 e. The van der Waals surface area contributed by atoms with Gasteiger partial charge in [0.25, 0.3) is 0 Å². The van der Waals surface area contributed by atoms with Crippen LogP contribution in [0.5, 0.6) is 5.75 Å². The van der Waals surface area contributed by atoms with Gasteiger partial charge in [0.05, 0.1) is 19.3 Å². The van der Waals surface area contributed by atoms with Gasteiger partial charge in [0.15, 0.2) is 0 Å². The summed E-state index contributed by atoms with van der Waals surface area (Å²) in [7, 11) is 0. The first-order valence-electron chi connectivity index (χ1n) is 10.5. The van der Waals surface area contributed by atoms with E-state index < -0.39 is 6.04 Å². The third-order valence-electron chi connectivity index (χ3n) is 4.96. The van der Waals surface area contributed by atoms with Gasteiger partial charge in [0, 0.05) is 13.1 Å². The summed E-state index contributed by atoms with van der Waals surface area (Å²) in [5.41, 5.74) is 1.93. The number of amides is 2. The average Bonchev–Trinajstić information content (AvgIpc) is 2.75. The number of nitrogens with one attached hydrogen (secondary N) is 1. The largest absolute Gasteiger partial charge is 0.493 e. The van der Waals surface area contributed by atoms with Gasteiger partial charge in [0.2, 0.25) is 0 Å². The number of ether oxygens (including phenoxy) is 1. The van der Waals surface area contributed by atoms with Crippen LogP contribution in [-0.2, 0) is 6.54 Å². The minimum absolute atomic E-state index is 0.164. The molecule has 2 aromatic rings. The maximum atomic E-state index is 12.7. The van der Waals surface area contributed by atoms with Crippen molar-refractivity contribution in [3.05, 3.63) is 65.7 Å². The molecule has 0 aliphatic carbocycles. The summed E-state index contributed by atoms with van der Waals surface area (Å²) in [5.74, 6) is 1.33. The minimum atomic E-state index is -0.458. The van der Waals surface area contributed by atoms with E-state index in [0.29, 0.717) is 25.6 Å². The highest BCUT2D eigenvalue weighted by molar-refractivity contribution is 5.74. The number of benzene rings is 2. The van der Waals surface area contributed by atoms with E-state index in [1.807, 2.05) is 61.5 Å². The highest BCUT2D eigenvalue weighted by Gasteiger charge is 2.18. The Kier molecular flexibility index (Phi) is 9.51. The SMILES string of the molecule is CCCC(C)COc1ccc([C@H](CO)NC(=O)N(CC)Cc2ccccc2)cc1. The molecule has 29 heavy (non-hydrogen) atoms. The lowest BCUT2D eigenvalue weighted by Crippen LogP contribution is -2.42. The number of carbonyl (C=O) groups is 1. The predicted molar refractivity (Wildman–Crippen MR) is 117 cm³/mol. The van der Waals surface area contributed by atoms with Crippen LogP contribution in [0.1, 0.15) is 50.8 Å². The number of hydrogen-bond donors (Lipinski definition) is 2. The predicted octanol–water partition coefficient (Wildman–Crippen LogP) is 4.77. The summed E-state index contributed by atoms with van der Waals surface area (Å²) < 4.78 is 5.83. The molecule has 2 aromatic carbocycles. The van der Waals surface area contributed by atoms with Gasteiger partial charge in [-0.15, -0.1) is 0 Å². The van der Waals surface area contributed by atoms with E-state index in [9.17, 15) is 9.90 Å². The molecular formula is C24H34N2O3. The quantitative estimate of drug-likeness (QED) is 0.573. The molecule has 158 valence electrons. The zero-order valence-electron chi connectivity index (χ0n) is 17.8. The second-order valence-corrected chi connectivity index (χ2v) is 7.46. The lowest BCUT2D eigenvalue weighted by atomic mass is 10.1. The molecule has 5 nitrogen and oxygen atoms in total. The summed E-state index contributed by atoms with van der Waals surface area (Å²) in [6, 6.07) is 16.8. The minimum Gasteiger partial charge on any atom is -0.493 e. The molecule has 0 spiro atoms. The maximum Gasteiger partial charge on any atom is 0.318 e. The Morgan fingerprint density at radius 1 is 1.10 bits per heavy atom. The molecule has 0 saturated carbocycles. The molecule has 1 unspecified atom stereocenters. The van der Waals surface area contributed by atoms with E-state index in [2.05, 4.69) is 19.2 Å². The van der Waals surface area contributed by atoms with Gasteiger partial charge >= 0.3 is 6.03 Å². The molecule has 2 amide bonds. The topological polar surface area (TPSA) is 61.8 Å². The zero-order valence-corrected chi connectivity index (χ0v) is 17.8. The molecule has 0 aliphatic rings. The second-order valence-electron chi connectivity index (χ2n) is 7.46. The normalized spacial score (nSPS) is 12.8. The molecule has 5 heteroatoms. The van der Waals surface area contributed by atoms with Crippen LogP contribution in [0.4, 0.5) is 4.79 Å². The second kappa shape index (κ2) is 12.1. The van der Waals surface area contributed by atoms with E-state index in [-0.39, 0.29) is 12.6 Å². The first-order valence-corrected chi connectivity index (χ1v) is 10.5. The van der Waals surface area contributed by atoms with Gasteiger partial charge in [0.1, 0.15) is 5.75 Å². The molecule has 0 aromatic heterocycles. The molecule has 0 aliphatic heterocycles. The number of nitrogens with zero attached hydrogens (tertiary/aromatic N) is 1. The summed E-state index contributed by atoms with van der Waals surface area (Å²) >= 11 is 0. The third-order valence-corrected chi connectivity index (χ3v) is 4.96. The fraction of sp³-hybridized carbons (Fsp3) is 0.458. The Hall–Kier alpha value is -2.53. The van der Waals surface area contributed by atoms with Gasteiger partial charge in [-0.25, -0.2) is 4.79 Å². The summed E-state index contributed by atoms with van der Waals surface area (Å²) in [4.78, 5) is 14.4. The molecule has 2 rings (SSSR count). The standard InChI is InChI=1S/C24H34N2O3/c1-4-9-19(3)18-29-22-14-12-21(13-15-22)23(17-27)25-24(28)26(5-2)16-20-10-7-6-8-11-20/h6-8,10-15,19,23,27H,4-5,9,16-18H2,1-3H3,(H,25,28)/t19?,23-/m0/s1. The Bertz CT molecular complexity index is 719. The summed E-state index contributed by atoms with van der Waals surface area (Å²) in [6.45, 7) is 7.95. The Morgan fingerprint density at radius 3 is 2.38 bits per heavy atom. The van der Waals surface area contributed by atoms with Crippen molar-refractivity contribution in [2.45, 2.75) is 46.2 Å². The van der Waals surface area contributed by atoms with Crippen LogP contribution in [0, 0.1) is 5.92 Å². The average molecular weight is 399 g/mol. The highest BCUT2D eigenvalue weighted by atomic mass is 16.5. The monoisotopic (exact) mass is 398 g/mol. The number of hydrogen-bond acceptors (Lipinski definition) is 3. The van der Waals surface area contributed by atoms with Crippen LogP contribution in [-0.4, -0.2) is 35.8 Å². The van der Waals surface area contributed by atoms with Gasteiger partial charge in [-0.05, 0) is 42.5 Å². The van der Waals surface area contributed by atoms with Crippen LogP contribution in [0.3, 0.4) is 0 Å². The number of carbonyl (C=O) groups excluding carboxylic acids is 1. The zero-order chi connectivity index (χ0) is 21.1. The Morgan fingerprint density at radius 2 is 1.79 bits per heavy atom. The van der Waals surface area contributed by atoms with E-state index in [4.69, 9.17) is 4.74 Å². The molecule has 0 bridgehead atoms. The number of aliphatic hydroxyl groups excluding tert-OH is 1. The lowest BCUT2D eigenvalue weighted by molar-refractivity contribution is 0.182. The molecule has 2 N–H and O–H groups in total. The van der Waals surface area contributed by atoms with Crippen molar-refractivity contribution in [1.82, 2.24) is 10.2 Å². The van der Waals surface area contributed by atoms with Crippen LogP contribution >= 0.6 is 0 Å². The lowest BCUT2D eigenvalue weighted by Gasteiger charge is -2.25. The van der Waals surface area contributed by atoms with Crippen molar-refractivity contribution in [3.8, 4) is 5.75 Å². The van der Waals surface area contributed by atoms with Crippen molar-refractivity contribution in [2.24, 2.45) is 5.92 Å². The van der Waals surface area contributed by atoms with Crippen molar-refractivity contribution < 1.29 is 14.6 Å². The van der Waals surface area contributed by atoms with Crippen molar-refractivity contribution >= 4 is 6.03 Å². The Balaban J connectivity index is 1.94.